The third-order valence-electron chi connectivity index (χ3n) is 5.88. The Kier molecular flexibility index (Phi) is 9.67. The molecule has 8 heteroatoms. The average molecular weight is 488 g/mol. The van der Waals surface area contributed by atoms with E-state index in [0.717, 1.165) is 22.3 Å². The summed E-state index contributed by atoms with van der Waals surface area (Å²) in [6.45, 7) is 10.4. The van der Waals surface area contributed by atoms with E-state index < -0.39 is 16.1 Å². The number of nitrogens with zero attached hydrogens (tertiary/aromatic N) is 2. The molecule has 0 aliphatic carbocycles. The van der Waals surface area contributed by atoms with Gasteiger partial charge >= 0.3 is 0 Å². The Morgan fingerprint density at radius 3 is 2.32 bits per heavy atom. The number of nitrogens with one attached hydrogen (secondary N) is 1. The monoisotopic (exact) mass is 487 g/mol. The number of rotatable bonds is 11. The van der Waals surface area contributed by atoms with Gasteiger partial charge in [-0.25, -0.2) is 8.42 Å². The van der Waals surface area contributed by atoms with Crippen LogP contribution in [0.4, 0.5) is 5.69 Å². The summed E-state index contributed by atoms with van der Waals surface area (Å²) < 4.78 is 26.3. The van der Waals surface area contributed by atoms with Crippen LogP contribution in [0.15, 0.2) is 42.5 Å². The minimum atomic E-state index is -3.51. The number of benzene rings is 2. The van der Waals surface area contributed by atoms with Gasteiger partial charge in [0.15, 0.2) is 0 Å². The molecule has 0 radical (unpaired) electrons. The number of anilines is 1. The van der Waals surface area contributed by atoms with Crippen molar-refractivity contribution in [2.45, 2.75) is 60.0 Å². The molecule has 1 N–H and O–H groups in total. The molecule has 0 aliphatic heterocycles. The maximum atomic E-state index is 13.2. The van der Waals surface area contributed by atoms with E-state index in [1.54, 1.807) is 17.9 Å². The number of hydrogen-bond acceptors (Lipinski definition) is 4. The Hall–Kier alpha value is -2.87. The average Bonchev–Trinajstić information content (AvgIpc) is 2.76. The van der Waals surface area contributed by atoms with Crippen LogP contribution in [-0.2, 0) is 26.2 Å². The highest BCUT2D eigenvalue weighted by molar-refractivity contribution is 7.92. The quantitative estimate of drug-likeness (QED) is 0.523. The molecular formula is C26H37N3O4S. The smallest absolute Gasteiger partial charge is 0.242 e. The lowest BCUT2D eigenvalue weighted by Gasteiger charge is -2.29. The fourth-order valence-corrected chi connectivity index (χ4v) is 4.75. The zero-order valence-corrected chi connectivity index (χ0v) is 21.9. The molecule has 2 aromatic carbocycles. The van der Waals surface area contributed by atoms with Gasteiger partial charge in [0, 0.05) is 26.1 Å². The highest BCUT2D eigenvalue weighted by atomic mass is 32.2. The van der Waals surface area contributed by atoms with Crippen molar-refractivity contribution >= 4 is 27.5 Å². The van der Waals surface area contributed by atoms with Crippen molar-refractivity contribution in [1.82, 2.24) is 10.2 Å². The molecule has 34 heavy (non-hydrogen) atoms. The molecule has 0 unspecified atom stereocenters. The number of amides is 2. The van der Waals surface area contributed by atoms with E-state index in [1.807, 2.05) is 64.1 Å². The molecule has 0 heterocycles. The van der Waals surface area contributed by atoms with Crippen LogP contribution in [0, 0.1) is 20.8 Å². The van der Waals surface area contributed by atoms with Gasteiger partial charge in [-0.2, -0.15) is 0 Å². The van der Waals surface area contributed by atoms with Crippen LogP contribution in [0.5, 0.6) is 0 Å². The standard InChI is InChI=1S/C26H37N3O4S/c1-7-27-26(31)22(5)28(18-23-11-8-10-19(2)16-23)25(30)12-9-15-29(34(6,32)33)24-14-13-20(3)21(4)17-24/h8,10-11,13-14,16-17,22H,7,9,12,15,18H2,1-6H3,(H,27,31)/t22-/m0/s1. The summed E-state index contributed by atoms with van der Waals surface area (Å²) in [5, 5.41) is 2.78. The molecule has 0 bridgehead atoms. The Labute approximate surface area is 204 Å². The summed E-state index contributed by atoms with van der Waals surface area (Å²) in [5.41, 5.74) is 4.69. The Morgan fingerprint density at radius 2 is 1.74 bits per heavy atom. The fraction of sp³-hybridized carbons (Fsp3) is 0.462. The van der Waals surface area contributed by atoms with Gasteiger partial charge in [-0.1, -0.05) is 35.9 Å². The van der Waals surface area contributed by atoms with Crippen LogP contribution in [0.25, 0.3) is 0 Å². The highest BCUT2D eigenvalue weighted by Crippen LogP contribution is 2.22. The van der Waals surface area contributed by atoms with Gasteiger partial charge in [-0.15, -0.1) is 0 Å². The first-order valence-corrected chi connectivity index (χ1v) is 13.5. The third-order valence-corrected chi connectivity index (χ3v) is 7.08. The molecule has 2 aromatic rings. The van der Waals surface area contributed by atoms with Gasteiger partial charge in [-0.3, -0.25) is 13.9 Å². The minimum Gasteiger partial charge on any atom is -0.355 e. The molecule has 0 saturated heterocycles. The van der Waals surface area contributed by atoms with E-state index >= 15 is 0 Å². The normalized spacial score (nSPS) is 12.2. The lowest BCUT2D eigenvalue weighted by Crippen LogP contribution is -2.47. The summed E-state index contributed by atoms with van der Waals surface area (Å²) in [7, 11) is -3.51. The molecular weight excluding hydrogens is 450 g/mol. The second-order valence-electron chi connectivity index (χ2n) is 8.79. The van der Waals surface area contributed by atoms with Crippen molar-refractivity contribution in [3.8, 4) is 0 Å². The summed E-state index contributed by atoms with van der Waals surface area (Å²) in [6.07, 6.45) is 1.64. The van der Waals surface area contributed by atoms with E-state index in [2.05, 4.69) is 5.32 Å². The lowest BCUT2D eigenvalue weighted by atomic mass is 10.1. The van der Waals surface area contributed by atoms with Crippen LogP contribution in [0.2, 0.25) is 0 Å². The first-order valence-electron chi connectivity index (χ1n) is 11.6. The van der Waals surface area contributed by atoms with Crippen LogP contribution >= 0.6 is 0 Å². The number of likely N-dealkylation sites (N-methyl/N-ethyl adjacent to an activating group) is 1. The third kappa shape index (κ3) is 7.58. The first-order chi connectivity index (χ1) is 15.9. The fourth-order valence-electron chi connectivity index (χ4n) is 3.80. The summed E-state index contributed by atoms with van der Waals surface area (Å²) in [6, 6.07) is 12.7. The van der Waals surface area contributed by atoms with E-state index in [0.29, 0.717) is 25.2 Å². The van der Waals surface area contributed by atoms with E-state index in [9.17, 15) is 18.0 Å². The van der Waals surface area contributed by atoms with Gasteiger partial charge in [0.1, 0.15) is 6.04 Å². The number of hydrogen-bond donors (Lipinski definition) is 1. The topological polar surface area (TPSA) is 86.8 Å². The summed E-state index contributed by atoms with van der Waals surface area (Å²) in [5.74, 6) is -0.398. The lowest BCUT2D eigenvalue weighted by molar-refractivity contribution is -0.140. The number of carbonyl (C=O) groups is 2. The molecule has 1 atom stereocenters. The number of aryl methyl sites for hydroxylation is 3. The van der Waals surface area contributed by atoms with Crippen molar-refractivity contribution in [2.75, 3.05) is 23.7 Å². The van der Waals surface area contributed by atoms with Crippen LogP contribution in [0.1, 0.15) is 48.9 Å². The Bertz CT molecular complexity index is 1110. The van der Waals surface area contributed by atoms with Crippen molar-refractivity contribution in [3.63, 3.8) is 0 Å². The van der Waals surface area contributed by atoms with Crippen LogP contribution < -0.4 is 9.62 Å². The zero-order chi connectivity index (χ0) is 25.5. The summed E-state index contributed by atoms with van der Waals surface area (Å²) in [4.78, 5) is 27.3. The van der Waals surface area contributed by atoms with Crippen molar-refractivity contribution in [1.29, 1.82) is 0 Å². The number of carbonyl (C=O) groups excluding carboxylic acids is 2. The molecule has 0 spiro atoms. The van der Waals surface area contributed by atoms with Gasteiger partial charge < -0.3 is 10.2 Å². The molecule has 0 aliphatic rings. The van der Waals surface area contributed by atoms with Crippen LogP contribution in [-0.4, -0.2) is 50.5 Å². The van der Waals surface area contributed by atoms with E-state index in [4.69, 9.17) is 0 Å². The van der Waals surface area contributed by atoms with Crippen molar-refractivity contribution < 1.29 is 18.0 Å². The molecule has 186 valence electrons. The second-order valence-corrected chi connectivity index (χ2v) is 10.7. The Balaban J connectivity index is 2.17. The zero-order valence-electron chi connectivity index (χ0n) is 21.1. The minimum absolute atomic E-state index is 0.131. The SMILES string of the molecule is CCNC(=O)[C@H](C)N(Cc1cccc(C)c1)C(=O)CCCN(c1ccc(C)c(C)c1)S(C)(=O)=O. The van der Waals surface area contributed by atoms with E-state index in [-0.39, 0.29) is 24.8 Å². The van der Waals surface area contributed by atoms with Crippen molar-refractivity contribution in [3.05, 3.63) is 64.7 Å². The molecule has 0 fully saturated rings. The van der Waals surface area contributed by atoms with Gasteiger partial charge in [0.05, 0.1) is 11.9 Å². The second kappa shape index (κ2) is 12.0. The summed E-state index contributed by atoms with van der Waals surface area (Å²) >= 11 is 0. The molecule has 0 saturated carbocycles. The molecule has 7 nitrogen and oxygen atoms in total. The predicted octanol–water partition coefficient (Wildman–Crippen LogP) is 3.71. The molecule has 2 rings (SSSR count). The molecule has 2 amide bonds. The maximum absolute atomic E-state index is 13.2. The maximum Gasteiger partial charge on any atom is 0.242 e. The van der Waals surface area contributed by atoms with E-state index in [1.165, 1.54) is 10.6 Å². The highest BCUT2D eigenvalue weighted by Gasteiger charge is 2.26. The predicted molar refractivity (Wildman–Crippen MR) is 137 cm³/mol. The van der Waals surface area contributed by atoms with Gasteiger partial charge in [0.2, 0.25) is 21.8 Å². The largest absolute Gasteiger partial charge is 0.355 e. The molecule has 0 aromatic heterocycles. The first kappa shape index (κ1) is 27.4. The number of sulfonamides is 1. The Morgan fingerprint density at radius 1 is 1.03 bits per heavy atom. The van der Waals surface area contributed by atoms with Crippen molar-refractivity contribution in [2.24, 2.45) is 0 Å². The van der Waals surface area contributed by atoms with Gasteiger partial charge in [0.25, 0.3) is 0 Å². The van der Waals surface area contributed by atoms with Crippen LogP contribution in [0.3, 0.4) is 0 Å². The van der Waals surface area contributed by atoms with Gasteiger partial charge in [-0.05, 0) is 69.9 Å².